The predicted molar refractivity (Wildman–Crippen MR) is 184 cm³/mol. The Morgan fingerprint density at radius 1 is 0.238 bits per heavy atom. The van der Waals surface area contributed by atoms with Gasteiger partial charge >= 0.3 is 0 Å². The summed E-state index contributed by atoms with van der Waals surface area (Å²) < 4.78 is 19.0. The van der Waals surface area contributed by atoms with Crippen LogP contribution in [-0.4, -0.2) is 18.9 Å². The summed E-state index contributed by atoms with van der Waals surface area (Å²) in [7, 11) is 0. The zero-order valence-electron chi connectivity index (χ0n) is 29.3. The number of ether oxygens (including phenoxy) is 3. The fraction of sp³-hybridized carbons (Fsp3) is 1.00. The number of unbranched alkanes of at least 4 members (excludes halogenated alkanes) is 27. The monoisotopic (exact) mass is 595 g/mol. The average Bonchev–Trinajstić information content (AvgIpc) is 3.00. The van der Waals surface area contributed by atoms with Gasteiger partial charge in [-0.1, -0.05) is 194 Å². The Bertz CT molecular complexity index is 433. The predicted octanol–water partition coefficient (Wildman–Crippen LogP) is 14.0. The molecular formula is C39H78O3. The Morgan fingerprint density at radius 2 is 0.405 bits per heavy atom. The summed E-state index contributed by atoms with van der Waals surface area (Å²) in [4.78, 5) is 0. The zero-order valence-corrected chi connectivity index (χ0v) is 29.3. The van der Waals surface area contributed by atoms with Crippen LogP contribution in [0.5, 0.6) is 0 Å². The van der Waals surface area contributed by atoms with Gasteiger partial charge in [0.1, 0.15) is 0 Å². The molecule has 0 radical (unpaired) electrons. The van der Waals surface area contributed by atoms with Crippen LogP contribution in [-0.2, 0) is 14.2 Å². The van der Waals surface area contributed by atoms with Crippen LogP contribution in [0.15, 0.2) is 0 Å². The van der Waals surface area contributed by atoms with E-state index in [2.05, 4.69) is 20.8 Å². The Kier molecular flexibility index (Phi) is 30.7. The summed E-state index contributed by atoms with van der Waals surface area (Å²) in [6.07, 6.45) is 44.1. The van der Waals surface area contributed by atoms with Gasteiger partial charge in [-0.25, -0.2) is 0 Å². The molecular weight excluding hydrogens is 516 g/mol. The Labute approximate surface area is 265 Å². The van der Waals surface area contributed by atoms with Crippen molar-refractivity contribution in [2.45, 2.75) is 252 Å². The molecule has 0 bridgehead atoms. The number of hydrogen-bond donors (Lipinski definition) is 0. The van der Waals surface area contributed by atoms with E-state index in [1.807, 2.05) is 0 Å². The Hall–Kier alpha value is -0.120. The van der Waals surface area contributed by atoms with E-state index in [-0.39, 0.29) is 18.9 Å². The SMILES string of the molecule is CCCCCCCCCCCCC1OC(CCCCCCCCCCCC)OC(CCCCCCCCCCCC)O1. The highest BCUT2D eigenvalue weighted by Crippen LogP contribution is 2.27. The van der Waals surface area contributed by atoms with Crippen molar-refractivity contribution in [2.75, 3.05) is 0 Å². The molecule has 0 aliphatic carbocycles. The first-order valence-corrected chi connectivity index (χ1v) is 19.8. The molecule has 1 saturated heterocycles. The molecule has 0 aromatic heterocycles. The molecule has 0 amide bonds. The van der Waals surface area contributed by atoms with Crippen LogP contribution in [0.2, 0.25) is 0 Å². The molecule has 1 aliphatic heterocycles. The lowest BCUT2D eigenvalue weighted by Gasteiger charge is -2.36. The smallest absolute Gasteiger partial charge is 0.163 e. The standard InChI is InChI=1S/C39H78O3/c1-4-7-10-13-16-19-22-25-28-31-34-37-40-38(35-32-29-26-23-20-17-14-11-8-5-2)42-39(41-37)36-33-30-27-24-21-18-15-12-9-6-3/h37-39H,4-36H2,1-3H3. The average molecular weight is 595 g/mol. The van der Waals surface area contributed by atoms with Crippen LogP contribution in [0.25, 0.3) is 0 Å². The van der Waals surface area contributed by atoms with Crippen LogP contribution in [0.1, 0.15) is 233 Å². The third-order valence-corrected chi connectivity index (χ3v) is 9.29. The van der Waals surface area contributed by atoms with Crippen molar-refractivity contribution < 1.29 is 14.2 Å². The molecule has 0 atom stereocenters. The van der Waals surface area contributed by atoms with Gasteiger partial charge in [0.05, 0.1) is 0 Å². The van der Waals surface area contributed by atoms with Crippen LogP contribution in [0.3, 0.4) is 0 Å². The van der Waals surface area contributed by atoms with Crippen molar-refractivity contribution in [3.63, 3.8) is 0 Å². The molecule has 252 valence electrons. The lowest BCUT2D eigenvalue weighted by Crippen LogP contribution is -2.40. The first kappa shape index (κ1) is 39.9. The van der Waals surface area contributed by atoms with Crippen molar-refractivity contribution >= 4 is 0 Å². The molecule has 0 aromatic carbocycles. The fourth-order valence-electron chi connectivity index (χ4n) is 6.41. The van der Waals surface area contributed by atoms with Crippen LogP contribution in [0.4, 0.5) is 0 Å². The van der Waals surface area contributed by atoms with Gasteiger partial charge in [0.25, 0.3) is 0 Å². The molecule has 0 unspecified atom stereocenters. The van der Waals surface area contributed by atoms with Gasteiger partial charge in [0, 0.05) is 0 Å². The van der Waals surface area contributed by atoms with E-state index in [0.29, 0.717) is 0 Å². The van der Waals surface area contributed by atoms with Gasteiger partial charge in [-0.3, -0.25) is 0 Å². The molecule has 42 heavy (non-hydrogen) atoms. The molecule has 1 heterocycles. The minimum atomic E-state index is -0.0611. The molecule has 1 fully saturated rings. The maximum Gasteiger partial charge on any atom is 0.163 e. The summed E-state index contributed by atoms with van der Waals surface area (Å²) in [5.74, 6) is 0. The van der Waals surface area contributed by atoms with Gasteiger partial charge in [-0.05, 0) is 38.5 Å². The van der Waals surface area contributed by atoms with E-state index >= 15 is 0 Å². The summed E-state index contributed by atoms with van der Waals surface area (Å²) in [5.41, 5.74) is 0. The summed E-state index contributed by atoms with van der Waals surface area (Å²) in [6, 6.07) is 0. The first-order valence-electron chi connectivity index (χ1n) is 19.8. The van der Waals surface area contributed by atoms with E-state index in [4.69, 9.17) is 14.2 Å². The van der Waals surface area contributed by atoms with E-state index in [0.717, 1.165) is 19.3 Å². The van der Waals surface area contributed by atoms with Gasteiger partial charge in [-0.15, -0.1) is 0 Å². The van der Waals surface area contributed by atoms with Crippen molar-refractivity contribution in [3.8, 4) is 0 Å². The van der Waals surface area contributed by atoms with E-state index in [1.54, 1.807) is 0 Å². The van der Waals surface area contributed by atoms with E-state index < -0.39 is 0 Å². The van der Waals surface area contributed by atoms with Crippen molar-refractivity contribution in [2.24, 2.45) is 0 Å². The maximum absolute atomic E-state index is 6.34. The Balaban J connectivity index is 2.23. The van der Waals surface area contributed by atoms with Crippen LogP contribution < -0.4 is 0 Å². The molecule has 0 spiro atoms. The molecule has 0 aromatic rings. The molecule has 3 nitrogen and oxygen atoms in total. The van der Waals surface area contributed by atoms with Gasteiger partial charge in [0.2, 0.25) is 0 Å². The molecule has 3 heteroatoms. The van der Waals surface area contributed by atoms with Crippen molar-refractivity contribution in [1.29, 1.82) is 0 Å². The minimum absolute atomic E-state index is 0.0611. The molecule has 0 N–H and O–H groups in total. The summed E-state index contributed by atoms with van der Waals surface area (Å²) >= 11 is 0. The highest BCUT2D eigenvalue weighted by atomic mass is 16.9. The molecule has 1 rings (SSSR count). The van der Waals surface area contributed by atoms with Gasteiger partial charge in [0.15, 0.2) is 18.9 Å². The van der Waals surface area contributed by atoms with Crippen LogP contribution >= 0.6 is 0 Å². The zero-order chi connectivity index (χ0) is 30.2. The highest BCUT2D eigenvalue weighted by molar-refractivity contribution is 4.62. The van der Waals surface area contributed by atoms with Crippen molar-refractivity contribution in [3.05, 3.63) is 0 Å². The largest absolute Gasteiger partial charge is 0.324 e. The lowest BCUT2D eigenvalue weighted by molar-refractivity contribution is -0.386. The second kappa shape index (κ2) is 32.3. The summed E-state index contributed by atoms with van der Waals surface area (Å²) in [5, 5.41) is 0. The minimum Gasteiger partial charge on any atom is -0.324 e. The fourth-order valence-corrected chi connectivity index (χ4v) is 6.41. The second-order valence-corrected chi connectivity index (χ2v) is 13.6. The second-order valence-electron chi connectivity index (χ2n) is 13.6. The lowest BCUT2D eigenvalue weighted by atomic mass is 10.1. The highest BCUT2D eigenvalue weighted by Gasteiger charge is 2.29. The van der Waals surface area contributed by atoms with Crippen molar-refractivity contribution in [1.82, 2.24) is 0 Å². The van der Waals surface area contributed by atoms with E-state index in [9.17, 15) is 0 Å². The normalized spacial score (nSPS) is 19.1. The quantitative estimate of drug-likeness (QED) is 0.0707. The number of hydrogen-bond acceptors (Lipinski definition) is 3. The Morgan fingerprint density at radius 3 is 0.595 bits per heavy atom. The maximum atomic E-state index is 6.34. The number of rotatable bonds is 33. The van der Waals surface area contributed by atoms with Crippen LogP contribution in [0, 0.1) is 0 Å². The van der Waals surface area contributed by atoms with Gasteiger partial charge < -0.3 is 14.2 Å². The van der Waals surface area contributed by atoms with E-state index in [1.165, 1.54) is 193 Å². The third-order valence-electron chi connectivity index (χ3n) is 9.29. The molecule has 0 saturated carbocycles. The summed E-state index contributed by atoms with van der Waals surface area (Å²) in [6.45, 7) is 6.89. The first-order chi connectivity index (χ1) is 20.8. The molecule has 1 aliphatic rings. The topological polar surface area (TPSA) is 27.7 Å². The third kappa shape index (κ3) is 26.3. The van der Waals surface area contributed by atoms with Gasteiger partial charge in [-0.2, -0.15) is 0 Å².